The van der Waals surface area contributed by atoms with Crippen LogP contribution in [-0.2, 0) is 4.79 Å². The zero-order chi connectivity index (χ0) is 17.6. The molecular weight excluding hydrogens is 382 g/mol. The number of hydrogen-bond donors (Lipinski definition) is 2. The molecule has 1 aliphatic heterocycles. The number of anilines is 1. The molecule has 2 aromatic rings. The Bertz CT molecular complexity index is 704. The van der Waals surface area contributed by atoms with Gasteiger partial charge in [-0.15, -0.1) is 0 Å². The van der Waals surface area contributed by atoms with Gasteiger partial charge in [-0.2, -0.15) is 0 Å². The third kappa shape index (κ3) is 4.76. The van der Waals surface area contributed by atoms with Gasteiger partial charge in [-0.05, 0) is 24.6 Å². The van der Waals surface area contributed by atoms with Crippen LogP contribution < -0.4 is 15.1 Å². The molecule has 0 saturated carbocycles. The number of amides is 1. The van der Waals surface area contributed by atoms with E-state index in [4.69, 9.17) is 0 Å². The van der Waals surface area contributed by atoms with E-state index in [0.29, 0.717) is 6.54 Å². The molecule has 1 saturated heterocycles. The van der Waals surface area contributed by atoms with Crippen molar-refractivity contribution in [2.24, 2.45) is 0 Å². The fourth-order valence-corrected chi connectivity index (χ4v) is 3.71. The van der Waals surface area contributed by atoms with E-state index in [2.05, 4.69) is 36.1 Å². The Morgan fingerprint density at radius 3 is 2.60 bits per heavy atom. The van der Waals surface area contributed by atoms with Gasteiger partial charge in [-0.1, -0.05) is 34.1 Å². The van der Waals surface area contributed by atoms with Gasteiger partial charge in [0.2, 0.25) is 5.95 Å². The van der Waals surface area contributed by atoms with Crippen molar-refractivity contribution in [1.29, 1.82) is 0 Å². The van der Waals surface area contributed by atoms with Gasteiger partial charge in [0.05, 0.1) is 32.2 Å². The summed E-state index contributed by atoms with van der Waals surface area (Å²) in [5, 5.41) is 3.10. The highest BCUT2D eigenvalue weighted by atomic mass is 79.9. The molecule has 6 nitrogen and oxygen atoms in total. The number of quaternary nitrogens is 1. The lowest BCUT2D eigenvalue weighted by Crippen LogP contribution is -3.16. The molecule has 1 aromatic carbocycles. The van der Waals surface area contributed by atoms with E-state index in [0.717, 1.165) is 42.2 Å². The Morgan fingerprint density at radius 1 is 1.24 bits per heavy atom. The van der Waals surface area contributed by atoms with E-state index >= 15 is 0 Å². The Labute approximate surface area is 156 Å². The van der Waals surface area contributed by atoms with Crippen molar-refractivity contribution in [3.8, 4) is 0 Å². The van der Waals surface area contributed by atoms with Crippen LogP contribution in [0, 0.1) is 0 Å². The molecule has 1 atom stereocenters. The van der Waals surface area contributed by atoms with Gasteiger partial charge >= 0.3 is 0 Å². The summed E-state index contributed by atoms with van der Waals surface area (Å²) < 4.78 is 1.02. The molecule has 7 heteroatoms. The van der Waals surface area contributed by atoms with E-state index < -0.39 is 0 Å². The highest BCUT2D eigenvalue weighted by Crippen LogP contribution is 2.22. The maximum Gasteiger partial charge on any atom is 0.275 e. The van der Waals surface area contributed by atoms with Crippen LogP contribution in [0.1, 0.15) is 18.5 Å². The topological polar surface area (TPSA) is 62.6 Å². The standard InChI is InChI=1S/C18H22BrN5O/c1-14(15-5-2-3-6-16(15)19)22-17(25)13-23-9-11-24(12-10-23)18-20-7-4-8-21-18/h2-8,14H,9-13H2,1H3,(H,22,25)/p+1/t14-/m1/s1. The molecule has 3 rings (SSSR count). The van der Waals surface area contributed by atoms with E-state index in [1.165, 1.54) is 4.90 Å². The summed E-state index contributed by atoms with van der Waals surface area (Å²) in [5.74, 6) is 0.858. The zero-order valence-corrected chi connectivity index (χ0v) is 15.9. The summed E-state index contributed by atoms with van der Waals surface area (Å²) in [6.07, 6.45) is 3.52. The molecule has 132 valence electrons. The summed E-state index contributed by atoms with van der Waals surface area (Å²) in [6.45, 7) is 6.07. The summed E-state index contributed by atoms with van der Waals surface area (Å²) >= 11 is 3.54. The lowest BCUT2D eigenvalue weighted by Gasteiger charge is -2.32. The lowest BCUT2D eigenvalue weighted by atomic mass is 10.1. The monoisotopic (exact) mass is 404 g/mol. The summed E-state index contributed by atoms with van der Waals surface area (Å²) in [7, 11) is 0. The number of aromatic nitrogens is 2. The van der Waals surface area contributed by atoms with Crippen LogP contribution in [0.25, 0.3) is 0 Å². The number of nitrogens with one attached hydrogen (secondary N) is 2. The molecule has 0 aliphatic carbocycles. The first kappa shape index (κ1) is 17.8. The summed E-state index contributed by atoms with van der Waals surface area (Å²) in [4.78, 5) is 24.4. The van der Waals surface area contributed by atoms with Gasteiger partial charge in [0.1, 0.15) is 0 Å². The van der Waals surface area contributed by atoms with Crippen molar-refractivity contribution in [3.63, 3.8) is 0 Å². The van der Waals surface area contributed by atoms with Crippen molar-refractivity contribution in [2.45, 2.75) is 13.0 Å². The second-order valence-corrected chi connectivity index (χ2v) is 7.13. The van der Waals surface area contributed by atoms with Crippen molar-refractivity contribution >= 4 is 27.8 Å². The largest absolute Gasteiger partial charge is 0.345 e. The highest BCUT2D eigenvalue weighted by molar-refractivity contribution is 9.10. The predicted octanol–water partition coefficient (Wildman–Crippen LogP) is 0.821. The van der Waals surface area contributed by atoms with Gasteiger partial charge in [-0.3, -0.25) is 4.79 Å². The normalized spacial score (nSPS) is 16.5. The number of carbonyl (C=O) groups excluding carboxylic acids is 1. The van der Waals surface area contributed by atoms with Gasteiger partial charge in [0.15, 0.2) is 6.54 Å². The van der Waals surface area contributed by atoms with E-state index in [-0.39, 0.29) is 11.9 Å². The summed E-state index contributed by atoms with van der Waals surface area (Å²) in [6, 6.07) is 9.79. The minimum absolute atomic E-state index is 0.0125. The number of rotatable bonds is 5. The first-order chi connectivity index (χ1) is 12.1. The van der Waals surface area contributed by atoms with Crippen LogP contribution in [0.15, 0.2) is 47.2 Å². The molecule has 0 unspecified atom stereocenters. The smallest absolute Gasteiger partial charge is 0.275 e. The second kappa shape index (κ2) is 8.40. The molecule has 1 amide bonds. The van der Waals surface area contributed by atoms with Gasteiger partial charge in [0, 0.05) is 16.9 Å². The quantitative estimate of drug-likeness (QED) is 0.774. The molecule has 0 spiro atoms. The third-order valence-electron chi connectivity index (χ3n) is 4.47. The summed E-state index contributed by atoms with van der Waals surface area (Å²) in [5.41, 5.74) is 1.09. The fraction of sp³-hybridized carbons (Fsp3) is 0.389. The number of halogens is 1. The zero-order valence-electron chi connectivity index (χ0n) is 14.3. The molecule has 2 N–H and O–H groups in total. The number of benzene rings is 1. The van der Waals surface area contributed by atoms with E-state index in [1.54, 1.807) is 12.4 Å². The predicted molar refractivity (Wildman–Crippen MR) is 101 cm³/mol. The number of carbonyl (C=O) groups is 1. The van der Waals surface area contributed by atoms with Crippen LogP contribution in [-0.4, -0.2) is 48.6 Å². The maximum atomic E-state index is 12.4. The Kier molecular flexibility index (Phi) is 5.99. The second-order valence-electron chi connectivity index (χ2n) is 6.27. The fourth-order valence-electron chi connectivity index (χ4n) is 3.08. The van der Waals surface area contributed by atoms with Crippen molar-refractivity contribution < 1.29 is 9.69 Å². The molecule has 1 aliphatic rings. The Hall–Kier alpha value is -1.99. The minimum Gasteiger partial charge on any atom is -0.345 e. The molecule has 1 aromatic heterocycles. The Morgan fingerprint density at radius 2 is 1.92 bits per heavy atom. The number of nitrogens with zero attached hydrogens (tertiary/aromatic N) is 3. The molecule has 0 bridgehead atoms. The first-order valence-electron chi connectivity index (χ1n) is 8.53. The van der Waals surface area contributed by atoms with Crippen molar-refractivity contribution in [1.82, 2.24) is 15.3 Å². The van der Waals surface area contributed by atoms with Gasteiger partial charge in [-0.25, -0.2) is 9.97 Å². The average molecular weight is 405 g/mol. The first-order valence-corrected chi connectivity index (χ1v) is 9.32. The number of piperazine rings is 1. The molecule has 1 fully saturated rings. The molecule has 0 radical (unpaired) electrons. The van der Waals surface area contributed by atoms with Crippen LogP contribution in [0.3, 0.4) is 0 Å². The maximum absolute atomic E-state index is 12.4. The minimum atomic E-state index is -0.0125. The number of hydrogen-bond acceptors (Lipinski definition) is 4. The molecule has 25 heavy (non-hydrogen) atoms. The molecular formula is C18H23BrN5O+. The lowest BCUT2D eigenvalue weighted by molar-refractivity contribution is -0.892. The highest BCUT2D eigenvalue weighted by Gasteiger charge is 2.24. The average Bonchev–Trinajstić information content (AvgIpc) is 2.63. The van der Waals surface area contributed by atoms with Crippen LogP contribution in [0.5, 0.6) is 0 Å². The van der Waals surface area contributed by atoms with E-state index in [1.807, 2.05) is 37.3 Å². The van der Waals surface area contributed by atoms with Gasteiger partial charge < -0.3 is 15.1 Å². The van der Waals surface area contributed by atoms with Crippen LogP contribution in [0.2, 0.25) is 0 Å². The van der Waals surface area contributed by atoms with Crippen molar-refractivity contribution in [2.75, 3.05) is 37.6 Å². The third-order valence-corrected chi connectivity index (χ3v) is 5.19. The van der Waals surface area contributed by atoms with Gasteiger partial charge in [0.25, 0.3) is 5.91 Å². The SMILES string of the molecule is C[C@@H](NC(=O)C[NH+]1CCN(c2ncccn2)CC1)c1ccccc1Br. The van der Waals surface area contributed by atoms with E-state index in [9.17, 15) is 4.79 Å². The van der Waals surface area contributed by atoms with Crippen molar-refractivity contribution in [3.05, 3.63) is 52.8 Å². The van der Waals surface area contributed by atoms with Crippen LogP contribution >= 0.6 is 15.9 Å². The van der Waals surface area contributed by atoms with Crippen LogP contribution in [0.4, 0.5) is 5.95 Å². The Balaban J connectivity index is 1.47. The molecule has 2 heterocycles.